The van der Waals surface area contributed by atoms with Crippen LogP contribution in [0.15, 0.2) is 16.9 Å². The van der Waals surface area contributed by atoms with E-state index >= 15 is 0 Å². The van der Waals surface area contributed by atoms with Crippen molar-refractivity contribution < 1.29 is 0 Å². The van der Waals surface area contributed by atoms with E-state index in [1.165, 1.54) is 6.07 Å². The first-order chi connectivity index (χ1) is 8.74. The highest BCUT2D eigenvalue weighted by atomic mass is 32.2. The van der Waals surface area contributed by atoms with Crippen LogP contribution >= 0.6 is 11.8 Å². The number of anilines is 1. The SMILES string of the molecule is Nc1nc(C2CCSCC2)c2ccc(=O)[nH]c2n1. The molecule has 3 N–H and O–H groups in total. The summed E-state index contributed by atoms with van der Waals surface area (Å²) in [6.07, 6.45) is 2.21. The molecule has 0 bridgehead atoms. The zero-order valence-electron chi connectivity index (χ0n) is 9.85. The average Bonchev–Trinajstić information content (AvgIpc) is 2.38. The Balaban J connectivity index is 2.17. The zero-order valence-corrected chi connectivity index (χ0v) is 10.7. The molecule has 1 saturated heterocycles. The van der Waals surface area contributed by atoms with Gasteiger partial charge in [0.05, 0.1) is 5.69 Å². The van der Waals surface area contributed by atoms with Gasteiger partial charge in [0.25, 0.3) is 0 Å². The largest absolute Gasteiger partial charge is 0.368 e. The third-order valence-corrected chi connectivity index (χ3v) is 4.29. The van der Waals surface area contributed by atoms with Crippen molar-refractivity contribution in [2.75, 3.05) is 17.2 Å². The number of aromatic amines is 1. The summed E-state index contributed by atoms with van der Waals surface area (Å²) in [6, 6.07) is 3.31. The molecule has 3 rings (SSSR count). The van der Waals surface area contributed by atoms with Crippen LogP contribution in [0.1, 0.15) is 24.5 Å². The first kappa shape index (κ1) is 11.5. The number of aromatic nitrogens is 3. The summed E-state index contributed by atoms with van der Waals surface area (Å²) < 4.78 is 0. The van der Waals surface area contributed by atoms with Crippen molar-refractivity contribution in [1.82, 2.24) is 15.0 Å². The molecule has 0 saturated carbocycles. The van der Waals surface area contributed by atoms with E-state index in [0.717, 1.165) is 35.4 Å². The number of nitrogen functional groups attached to an aromatic ring is 1. The molecule has 0 atom stereocenters. The number of hydrogen-bond donors (Lipinski definition) is 2. The summed E-state index contributed by atoms with van der Waals surface area (Å²) in [5.41, 5.74) is 7.10. The number of nitrogens with one attached hydrogen (secondary N) is 1. The van der Waals surface area contributed by atoms with Crippen molar-refractivity contribution in [2.24, 2.45) is 0 Å². The molecule has 5 nitrogen and oxygen atoms in total. The summed E-state index contributed by atoms with van der Waals surface area (Å²) in [4.78, 5) is 22.5. The summed E-state index contributed by atoms with van der Waals surface area (Å²) in [5, 5.41) is 0.917. The Labute approximate surface area is 108 Å². The van der Waals surface area contributed by atoms with Gasteiger partial charge in [-0.05, 0) is 30.4 Å². The lowest BCUT2D eigenvalue weighted by atomic mass is 9.96. The molecule has 2 aromatic rings. The number of hydrogen-bond acceptors (Lipinski definition) is 5. The van der Waals surface area contributed by atoms with Gasteiger partial charge < -0.3 is 10.7 Å². The van der Waals surface area contributed by atoms with E-state index in [4.69, 9.17) is 5.73 Å². The van der Waals surface area contributed by atoms with Gasteiger partial charge in [0.15, 0.2) is 0 Å². The molecule has 18 heavy (non-hydrogen) atoms. The molecule has 1 fully saturated rings. The lowest BCUT2D eigenvalue weighted by molar-refractivity contribution is 0.624. The summed E-state index contributed by atoms with van der Waals surface area (Å²) >= 11 is 1.97. The fourth-order valence-corrected chi connectivity index (χ4v) is 3.47. The van der Waals surface area contributed by atoms with E-state index in [-0.39, 0.29) is 11.5 Å². The minimum atomic E-state index is -0.161. The Morgan fingerprint density at radius 3 is 2.83 bits per heavy atom. The van der Waals surface area contributed by atoms with Crippen LogP contribution in [0.25, 0.3) is 11.0 Å². The Bertz CT molecular complexity index is 634. The molecule has 0 radical (unpaired) electrons. The van der Waals surface area contributed by atoms with Gasteiger partial charge in [0.1, 0.15) is 5.65 Å². The van der Waals surface area contributed by atoms with Crippen LogP contribution in [-0.4, -0.2) is 26.5 Å². The number of H-pyrrole nitrogens is 1. The van der Waals surface area contributed by atoms with Crippen LogP contribution < -0.4 is 11.3 Å². The summed E-state index contributed by atoms with van der Waals surface area (Å²) in [7, 11) is 0. The molecule has 0 spiro atoms. The van der Waals surface area contributed by atoms with Gasteiger partial charge in [-0.2, -0.15) is 16.7 Å². The maximum Gasteiger partial charge on any atom is 0.249 e. The number of pyridine rings is 1. The Kier molecular flexibility index (Phi) is 2.95. The van der Waals surface area contributed by atoms with Crippen LogP contribution in [-0.2, 0) is 0 Å². The molecule has 0 aliphatic carbocycles. The third-order valence-electron chi connectivity index (χ3n) is 3.24. The molecule has 1 aliphatic rings. The number of rotatable bonds is 1. The highest BCUT2D eigenvalue weighted by Crippen LogP contribution is 2.33. The number of nitrogens with two attached hydrogens (primary N) is 1. The van der Waals surface area contributed by atoms with Crippen molar-refractivity contribution in [1.29, 1.82) is 0 Å². The second kappa shape index (κ2) is 4.61. The molecule has 0 aromatic carbocycles. The molecule has 6 heteroatoms. The maximum absolute atomic E-state index is 11.3. The number of thioether (sulfide) groups is 1. The van der Waals surface area contributed by atoms with Crippen LogP contribution in [0, 0.1) is 0 Å². The second-order valence-electron chi connectivity index (χ2n) is 4.44. The number of nitrogens with zero attached hydrogens (tertiary/aromatic N) is 2. The van der Waals surface area contributed by atoms with Gasteiger partial charge in [-0.25, -0.2) is 4.98 Å². The van der Waals surface area contributed by atoms with Crippen molar-refractivity contribution in [3.05, 3.63) is 28.2 Å². The molecule has 3 heterocycles. The molecular formula is C12H14N4OS. The van der Waals surface area contributed by atoms with Gasteiger partial charge in [-0.1, -0.05) is 0 Å². The van der Waals surface area contributed by atoms with Gasteiger partial charge in [-0.3, -0.25) is 4.79 Å². The van der Waals surface area contributed by atoms with Crippen molar-refractivity contribution in [3.8, 4) is 0 Å². The first-order valence-electron chi connectivity index (χ1n) is 5.98. The van der Waals surface area contributed by atoms with Crippen molar-refractivity contribution in [2.45, 2.75) is 18.8 Å². The van der Waals surface area contributed by atoms with Gasteiger partial charge in [0.2, 0.25) is 11.5 Å². The number of fused-ring (bicyclic) bond motifs is 1. The monoisotopic (exact) mass is 262 g/mol. The molecule has 94 valence electrons. The van der Waals surface area contributed by atoms with E-state index < -0.39 is 0 Å². The van der Waals surface area contributed by atoms with Crippen LogP contribution in [0.4, 0.5) is 5.95 Å². The summed E-state index contributed by atoms with van der Waals surface area (Å²) in [5.74, 6) is 2.96. The van der Waals surface area contributed by atoms with Crippen LogP contribution in [0.5, 0.6) is 0 Å². The van der Waals surface area contributed by atoms with E-state index in [9.17, 15) is 4.79 Å². The average molecular weight is 262 g/mol. The van der Waals surface area contributed by atoms with Crippen molar-refractivity contribution >= 4 is 28.7 Å². The smallest absolute Gasteiger partial charge is 0.249 e. The highest BCUT2D eigenvalue weighted by molar-refractivity contribution is 7.99. The normalized spacial score (nSPS) is 17.1. The Morgan fingerprint density at radius 1 is 1.28 bits per heavy atom. The molecule has 0 unspecified atom stereocenters. The predicted molar refractivity (Wildman–Crippen MR) is 73.9 cm³/mol. The zero-order chi connectivity index (χ0) is 12.5. The van der Waals surface area contributed by atoms with Gasteiger partial charge in [-0.15, -0.1) is 0 Å². The Morgan fingerprint density at radius 2 is 2.06 bits per heavy atom. The predicted octanol–water partition coefficient (Wildman–Crippen LogP) is 1.51. The third kappa shape index (κ3) is 2.08. The minimum absolute atomic E-state index is 0.161. The van der Waals surface area contributed by atoms with Gasteiger partial charge >= 0.3 is 0 Å². The fourth-order valence-electron chi connectivity index (χ4n) is 2.36. The standard InChI is InChI=1S/C12H14N4OS/c13-12-15-10(7-3-5-18-6-4-7)8-1-2-9(17)14-11(8)16-12/h1-2,7H,3-6H2,(H3,13,14,15,16,17). The maximum atomic E-state index is 11.3. The minimum Gasteiger partial charge on any atom is -0.368 e. The highest BCUT2D eigenvalue weighted by Gasteiger charge is 2.20. The van der Waals surface area contributed by atoms with E-state index in [1.54, 1.807) is 6.07 Å². The second-order valence-corrected chi connectivity index (χ2v) is 5.66. The lowest BCUT2D eigenvalue weighted by Gasteiger charge is -2.21. The topological polar surface area (TPSA) is 84.7 Å². The van der Waals surface area contributed by atoms with Gasteiger partial charge in [0, 0.05) is 17.4 Å². The van der Waals surface area contributed by atoms with Crippen LogP contribution in [0.2, 0.25) is 0 Å². The lowest BCUT2D eigenvalue weighted by Crippen LogP contribution is -2.14. The quantitative estimate of drug-likeness (QED) is 0.813. The molecule has 0 amide bonds. The Hall–Kier alpha value is -1.56. The molecular weight excluding hydrogens is 248 g/mol. The molecule has 1 aliphatic heterocycles. The first-order valence-corrected chi connectivity index (χ1v) is 7.14. The molecule has 2 aromatic heterocycles. The van der Waals surface area contributed by atoms with E-state index in [0.29, 0.717) is 11.6 Å². The van der Waals surface area contributed by atoms with Crippen molar-refractivity contribution in [3.63, 3.8) is 0 Å². The van der Waals surface area contributed by atoms with E-state index in [1.807, 2.05) is 11.8 Å². The van der Waals surface area contributed by atoms with E-state index in [2.05, 4.69) is 15.0 Å². The summed E-state index contributed by atoms with van der Waals surface area (Å²) in [6.45, 7) is 0. The van der Waals surface area contributed by atoms with Crippen LogP contribution in [0.3, 0.4) is 0 Å². The fraction of sp³-hybridized carbons (Fsp3) is 0.417.